The number of nitrogens with one attached hydrogen (secondary N) is 1. The molecule has 1 aliphatic rings. The topological polar surface area (TPSA) is 79.0 Å². The lowest BCUT2D eigenvalue weighted by Gasteiger charge is -2.28. The molecule has 7 nitrogen and oxygen atoms in total. The molecule has 0 radical (unpaired) electrons. The van der Waals surface area contributed by atoms with Crippen molar-refractivity contribution in [3.8, 4) is 0 Å². The molecule has 1 amide bonds. The van der Waals surface area contributed by atoms with Crippen LogP contribution in [0.2, 0.25) is 0 Å². The molecule has 0 bridgehead atoms. The molecular formula is C23H31N3O4S. The Hall–Kier alpha value is -2.42. The predicted octanol–water partition coefficient (Wildman–Crippen LogP) is 2.30. The number of carbonyl (C=O) groups excluding carboxylic acids is 1. The molecule has 3 rings (SSSR count). The molecule has 8 heteroatoms. The van der Waals surface area contributed by atoms with Gasteiger partial charge in [-0.05, 0) is 42.7 Å². The van der Waals surface area contributed by atoms with Gasteiger partial charge in [-0.15, -0.1) is 0 Å². The molecule has 2 aromatic rings. The number of carbonyl (C=O) groups is 1. The fraction of sp³-hybridized carbons (Fsp3) is 0.435. The Morgan fingerprint density at radius 3 is 2.48 bits per heavy atom. The van der Waals surface area contributed by atoms with E-state index in [-0.39, 0.29) is 5.91 Å². The van der Waals surface area contributed by atoms with Crippen molar-refractivity contribution in [1.82, 2.24) is 10.2 Å². The average Bonchev–Trinajstić information content (AvgIpc) is 2.72. The summed E-state index contributed by atoms with van der Waals surface area (Å²) in [5, 5.41) is 2.89. The van der Waals surface area contributed by atoms with Crippen molar-refractivity contribution in [2.75, 3.05) is 36.9 Å². The minimum Gasteiger partial charge on any atom is -0.379 e. The molecule has 31 heavy (non-hydrogen) atoms. The Morgan fingerprint density at radius 2 is 1.81 bits per heavy atom. The quantitative estimate of drug-likeness (QED) is 0.675. The maximum absolute atomic E-state index is 12.8. The van der Waals surface area contributed by atoms with Crippen molar-refractivity contribution in [3.05, 3.63) is 65.2 Å². The lowest BCUT2D eigenvalue weighted by atomic mass is 10.1. The van der Waals surface area contributed by atoms with Crippen LogP contribution < -0.4 is 9.62 Å². The van der Waals surface area contributed by atoms with Crippen LogP contribution in [-0.2, 0) is 32.6 Å². The van der Waals surface area contributed by atoms with Crippen molar-refractivity contribution in [1.29, 1.82) is 0 Å². The summed E-state index contributed by atoms with van der Waals surface area (Å²) in [4.78, 5) is 15.2. The first kappa shape index (κ1) is 23.2. The second-order valence-corrected chi connectivity index (χ2v) is 9.86. The summed E-state index contributed by atoms with van der Waals surface area (Å²) >= 11 is 0. The normalized spacial score (nSPS) is 16.0. The van der Waals surface area contributed by atoms with Crippen LogP contribution in [-0.4, -0.2) is 57.8 Å². The van der Waals surface area contributed by atoms with Crippen molar-refractivity contribution in [3.63, 3.8) is 0 Å². The zero-order chi connectivity index (χ0) is 22.4. The highest BCUT2D eigenvalue weighted by Crippen LogP contribution is 2.22. The number of anilines is 1. The molecule has 168 valence electrons. The number of aryl methyl sites for hydroxylation is 1. The van der Waals surface area contributed by atoms with E-state index in [0.717, 1.165) is 50.2 Å². The first-order valence-electron chi connectivity index (χ1n) is 10.5. The molecule has 0 unspecified atom stereocenters. The van der Waals surface area contributed by atoms with Crippen LogP contribution in [0.5, 0.6) is 0 Å². The minimum absolute atomic E-state index is 0.339. The molecule has 1 atom stereocenters. The van der Waals surface area contributed by atoms with Gasteiger partial charge in [-0.2, -0.15) is 0 Å². The van der Waals surface area contributed by atoms with Gasteiger partial charge in [0.1, 0.15) is 6.04 Å². The van der Waals surface area contributed by atoms with E-state index < -0.39 is 16.1 Å². The zero-order valence-electron chi connectivity index (χ0n) is 18.4. The minimum atomic E-state index is -3.63. The standard InChI is InChI=1S/C23H31N3O4S/c1-18-6-4-9-22(14-18)26(31(3,28)29)19(2)23(27)24-16-20-7-5-8-21(15-20)17-25-10-12-30-13-11-25/h4-9,14-15,19H,10-13,16-17H2,1-3H3,(H,24,27)/t19-/m1/s1. The van der Waals surface area contributed by atoms with Crippen LogP contribution in [0.3, 0.4) is 0 Å². The molecule has 1 fully saturated rings. The van der Waals surface area contributed by atoms with Gasteiger partial charge in [-0.25, -0.2) is 8.42 Å². The Balaban J connectivity index is 1.65. The molecule has 1 heterocycles. The molecule has 1 N–H and O–H groups in total. The second kappa shape index (κ2) is 10.3. The van der Waals surface area contributed by atoms with E-state index in [0.29, 0.717) is 12.2 Å². The molecule has 0 aromatic heterocycles. The SMILES string of the molecule is Cc1cccc(N([C@H](C)C(=O)NCc2cccc(CN3CCOCC3)c2)S(C)(=O)=O)c1. The summed E-state index contributed by atoms with van der Waals surface area (Å²) in [6.45, 7) is 8.02. The van der Waals surface area contributed by atoms with E-state index in [1.54, 1.807) is 25.1 Å². The van der Waals surface area contributed by atoms with Crippen LogP contribution >= 0.6 is 0 Å². The maximum Gasteiger partial charge on any atom is 0.243 e. The highest BCUT2D eigenvalue weighted by atomic mass is 32.2. The van der Waals surface area contributed by atoms with Crippen LogP contribution in [0.25, 0.3) is 0 Å². The number of rotatable bonds is 8. The molecule has 0 saturated carbocycles. The summed E-state index contributed by atoms with van der Waals surface area (Å²) in [7, 11) is -3.63. The van der Waals surface area contributed by atoms with E-state index in [2.05, 4.69) is 22.3 Å². The molecule has 0 aliphatic carbocycles. The van der Waals surface area contributed by atoms with Crippen molar-refractivity contribution in [2.45, 2.75) is 33.0 Å². The summed E-state index contributed by atoms with van der Waals surface area (Å²) in [5.74, 6) is -0.342. The first-order chi connectivity index (χ1) is 14.7. The van der Waals surface area contributed by atoms with Crippen molar-refractivity contribution < 1.29 is 17.9 Å². The molecule has 0 spiro atoms. The van der Waals surface area contributed by atoms with Crippen LogP contribution in [0.15, 0.2) is 48.5 Å². The molecular weight excluding hydrogens is 414 g/mol. The largest absolute Gasteiger partial charge is 0.379 e. The van der Waals surface area contributed by atoms with E-state index in [4.69, 9.17) is 4.74 Å². The highest BCUT2D eigenvalue weighted by Gasteiger charge is 2.29. The Bertz CT molecular complexity index is 1000. The number of morpholine rings is 1. The number of hydrogen-bond donors (Lipinski definition) is 1. The average molecular weight is 446 g/mol. The third-order valence-corrected chi connectivity index (χ3v) is 6.55. The molecule has 1 aliphatic heterocycles. The summed E-state index contributed by atoms with van der Waals surface area (Å²) in [5.41, 5.74) is 3.57. The summed E-state index contributed by atoms with van der Waals surface area (Å²) in [6, 6.07) is 14.4. The van der Waals surface area contributed by atoms with Gasteiger partial charge in [0.15, 0.2) is 0 Å². The van der Waals surface area contributed by atoms with Crippen molar-refractivity contribution >= 4 is 21.6 Å². The number of hydrogen-bond acceptors (Lipinski definition) is 5. The predicted molar refractivity (Wildman–Crippen MR) is 122 cm³/mol. The lowest BCUT2D eigenvalue weighted by molar-refractivity contribution is -0.122. The Labute approximate surface area is 185 Å². The van der Waals surface area contributed by atoms with E-state index in [1.165, 1.54) is 9.87 Å². The monoisotopic (exact) mass is 445 g/mol. The molecule has 2 aromatic carbocycles. The number of benzene rings is 2. The van der Waals surface area contributed by atoms with Gasteiger partial charge in [0.2, 0.25) is 15.9 Å². The van der Waals surface area contributed by atoms with Gasteiger partial charge in [-0.3, -0.25) is 14.0 Å². The van der Waals surface area contributed by atoms with Gasteiger partial charge in [0.05, 0.1) is 25.2 Å². The summed E-state index contributed by atoms with van der Waals surface area (Å²) in [6.07, 6.45) is 1.12. The third-order valence-electron chi connectivity index (χ3n) is 5.31. The van der Waals surface area contributed by atoms with E-state index in [1.807, 2.05) is 25.1 Å². The number of amides is 1. The Kier molecular flexibility index (Phi) is 7.69. The smallest absolute Gasteiger partial charge is 0.243 e. The molecule has 1 saturated heterocycles. The first-order valence-corrected chi connectivity index (χ1v) is 12.3. The van der Waals surface area contributed by atoms with Crippen molar-refractivity contribution in [2.24, 2.45) is 0 Å². The van der Waals surface area contributed by atoms with Gasteiger partial charge in [0, 0.05) is 26.2 Å². The van der Waals surface area contributed by atoms with Crippen LogP contribution in [0.4, 0.5) is 5.69 Å². The zero-order valence-corrected chi connectivity index (χ0v) is 19.2. The van der Waals surface area contributed by atoms with Gasteiger partial charge >= 0.3 is 0 Å². The fourth-order valence-corrected chi connectivity index (χ4v) is 4.93. The number of sulfonamides is 1. The fourth-order valence-electron chi connectivity index (χ4n) is 3.77. The van der Waals surface area contributed by atoms with E-state index >= 15 is 0 Å². The summed E-state index contributed by atoms with van der Waals surface area (Å²) < 4.78 is 31.4. The van der Waals surface area contributed by atoms with Crippen LogP contribution in [0, 0.1) is 6.92 Å². The Morgan fingerprint density at radius 1 is 1.13 bits per heavy atom. The van der Waals surface area contributed by atoms with Gasteiger partial charge < -0.3 is 10.1 Å². The third kappa shape index (κ3) is 6.53. The van der Waals surface area contributed by atoms with Crippen LogP contribution in [0.1, 0.15) is 23.6 Å². The number of ether oxygens (including phenoxy) is 1. The number of nitrogens with zero attached hydrogens (tertiary/aromatic N) is 2. The second-order valence-electron chi connectivity index (χ2n) is 8.00. The van der Waals surface area contributed by atoms with E-state index in [9.17, 15) is 13.2 Å². The van der Waals surface area contributed by atoms with Gasteiger partial charge in [0.25, 0.3) is 0 Å². The van der Waals surface area contributed by atoms with Gasteiger partial charge in [-0.1, -0.05) is 36.4 Å². The maximum atomic E-state index is 12.8. The highest BCUT2D eigenvalue weighted by molar-refractivity contribution is 7.92. The lowest BCUT2D eigenvalue weighted by Crippen LogP contribution is -2.47.